The van der Waals surface area contributed by atoms with Crippen molar-refractivity contribution in [3.05, 3.63) is 86.6 Å². The highest BCUT2D eigenvalue weighted by Crippen LogP contribution is 2.32. The van der Waals surface area contributed by atoms with E-state index in [-0.39, 0.29) is 11.4 Å². The Balaban J connectivity index is 1.49. The monoisotopic (exact) mass is 552 g/mol. The van der Waals surface area contributed by atoms with Crippen LogP contribution in [0.25, 0.3) is 5.57 Å². The lowest BCUT2D eigenvalue weighted by Crippen LogP contribution is -2.40. The second-order valence-electron chi connectivity index (χ2n) is 8.24. The number of aryl methyl sites for hydroxylation is 1. The van der Waals surface area contributed by atoms with E-state index in [1.807, 2.05) is 23.0 Å². The Hall–Kier alpha value is -2.52. The number of urea groups is 1. The van der Waals surface area contributed by atoms with E-state index in [0.29, 0.717) is 21.6 Å². The molecule has 0 saturated carbocycles. The Labute approximate surface area is 219 Å². The molecule has 1 heterocycles. The summed E-state index contributed by atoms with van der Waals surface area (Å²) in [7, 11) is -2.47. The molecule has 7 nitrogen and oxygen atoms in total. The minimum Gasteiger partial charge on any atom is -0.323 e. The first-order chi connectivity index (χ1) is 16.6. The molecule has 0 saturated heterocycles. The molecule has 0 radical (unpaired) electrons. The van der Waals surface area contributed by atoms with Crippen LogP contribution in [0.3, 0.4) is 0 Å². The van der Waals surface area contributed by atoms with Gasteiger partial charge in [0.2, 0.25) is 0 Å². The van der Waals surface area contributed by atoms with E-state index in [9.17, 15) is 13.2 Å². The number of rotatable bonds is 6. The second-order valence-corrected chi connectivity index (χ2v) is 11.2. The minimum atomic E-state index is -4.01. The van der Waals surface area contributed by atoms with Crippen LogP contribution < -0.4 is 4.72 Å². The number of amides is 2. The largest absolute Gasteiger partial charge is 0.331 e. The lowest BCUT2D eigenvalue weighted by atomic mass is 9.92. The van der Waals surface area contributed by atoms with Crippen molar-refractivity contribution in [2.75, 3.05) is 13.6 Å². The summed E-state index contributed by atoms with van der Waals surface area (Å²) in [5.41, 5.74) is 4.08. The fourth-order valence-electron chi connectivity index (χ4n) is 3.89. The number of allylic oxidation sites excluding steroid dienone is 1. The maximum atomic E-state index is 12.6. The minimum absolute atomic E-state index is 0.0383. The second kappa shape index (κ2) is 10.6. The van der Waals surface area contributed by atoms with Crippen LogP contribution in [0.5, 0.6) is 0 Å². The van der Waals surface area contributed by atoms with Gasteiger partial charge in [-0.25, -0.2) is 17.9 Å². The van der Waals surface area contributed by atoms with E-state index in [2.05, 4.69) is 9.82 Å². The predicted octanol–water partition coefficient (Wildman–Crippen LogP) is 5.64. The van der Waals surface area contributed by atoms with Gasteiger partial charge in [0, 0.05) is 28.7 Å². The van der Waals surface area contributed by atoms with Gasteiger partial charge in [0.1, 0.15) is 0 Å². The Morgan fingerprint density at radius 3 is 2.54 bits per heavy atom. The Bertz CT molecular complexity index is 1390. The molecule has 2 aromatic carbocycles. The molecular weight excluding hydrogens is 531 g/mol. The zero-order chi connectivity index (χ0) is 25.2. The van der Waals surface area contributed by atoms with Gasteiger partial charge < -0.3 is 4.90 Å². The van der Waals surface area contributed by atoms with Gasteiger partial charge in [0.25, 0.3) is 10.0 Å². The number of nitrogens with one attached hydrogen (secondary N) is 1. The number of likely N-dealkylation sites (N-methyl/N-ethyl adjacent to an activating group) is 1. The van der Waals surface area contributed by atoms with Crippen LogP contribution in [0.15, 0.2) is 59.6 Å². The Kier molecular flexibility index (Phi) is 7.76. The summed E-state index contributed by atoms with van der Waals surface area (Å²) >= 11 is 18.2. The van der Waals surface area contributed by atoms with E-state index in [1.54, 1.807) is 12.1 Å². The highest BCUT2D eigenvalue weighted by Gasteiger charge is 2.22. The first kappa shape index (κ1) is 25.6. The third-order valence-electron chi connectivity index (χ3n) is 5.75. The zero-order valence-corrected chi connectivity index (χ0v) is 21.9. The summed E-state index contributed by atoms with van der Waals surface area (Å²) in [4.78, 5) is 13.9. The predicted molar refractivity (Wildman–Crippen MR) is 139 cm³/mol. The molecule has 0 aliphatic heterocycles. The number of sulfonamides is 1. The standard InChI is InChI=1S/C24H23Cl3N4O3S/c1-30(24(32)29-35(33,34)21-9-7-19(25)8-10-21)12-11-16-3-2-4-17-14-28-31(23(16)17)15-18-5-6-20(26)13-22(18)27/h5-11,13-14H,2-4,12,15H2,1H3,(H,29,32)/b16-11+. The molecule has 1 aliphatic rings. The van der Waals surface area contributed by atoms with Crippen LogP contribution in [0.1, 0.15) is 29.7 Å². The van der Waals surface area contributed by atoms with E-state index >= 15 is 0 Å². The molecule has 3 aromatic rings. The molecule has 184 valence electrons. The highest BCUT2D eigenvalue weighted by molar-refractivity contribution is 7.90. The highest BCUT2D eigenvalue weighted by atomic mass is 35.5. The molecule has 35 heavy (non-hydrogen) atoms. The average molecular weight is 554 g/mol. The molecule has 1 aromatic heterocycles. The molecule has 0 atom stereocenters. The average Bonchev–Trinajstić information content (AvgIpc) is 3.22. The van der Waals surface area contributed by atoms with Crippen LogP contribution in [-0.2, 0) is 23.0 Å². The smallest absolute Gasteiger partial charge is 0.323 e. The van der Waals surface area contributed by atoms with Crippen molar-refractivity contribution >= 4 is 56.4 Å². The van der Waals surface area contributed by atoms with Gasteiger partial charge in [-0.15, -0.1) is 0 Å². The maximum Gasteiger partial charge on any atom is 0.331 e. The summed E-state index contributed by atoms with van der Waals surface area (Å²) in [6.45, 7) is 0.710. The molecule has 11 heteroatoms. The summed E-state index contributed by atoms with van der Waals surface area (Å²) in [5, 5.41) is 6.11. The van der Waals surface area contributed by atoms with Gasteiger partial charge in [-0.05, 0) is 72.4 Å². The molecule has 2 amide bonds. The van der Waals surface area contributed by atoms with Crippen LogP contribution >= 0.6 is 34.8 Å². The summed E-state index contributed by atoms with van der Waals surface area (Å²) in [6, 6.07) is 10.2. The molecule has 4 rings (SSSR count). The number of aromatic nitrogens is 2. The van der Waals surface area contributed by atoms with E-state index in [1.165, 1.54) is 36.2 Å². The SMILES string of the molecule is CN(C/C=C1\CCCc2cnn(Cc3ccc(Cl)cc3Cl)c21)C(=O)NS(=O)(=O)c1ccc(Cl)cc1. The van der Waals surface area contributed by atoms with Crippen molar-refractivity contribution in [3.8, 4) is 0 Å². The Morgan fingerprint density at radius 2 is 1.83 bits per heavy atom. The number of benzene rings is 2. The fourth-order valence-corrected chi connectivity index (χ4v) is 5.48. The molecule has 0 unspecified atom stereocenters. The quantitative estimate of drug-likeness (QED) is 0.428. The first-order valence-corrected chi connectivity index (χ1v) is 13.5. The number of carbonyl (C=O) groups is 1. The number of fused-ring (bicyclic) bond motifs is 1. The summed E-state index contributed by atoms with van der Waals surface area (Å²) in [6.07, 6.45) is 6.50. The number of halogens is 3. The van der Waals surface area contributed by atoms with Gasteiger partial charge in [-0.2, -0.15) is 5.10 Å². The van der Waals surface area contributed by atoms with Crippen molar-refractivity contribution < 1.29 is 13.2 Å². The van der Waals surface area contributed by atoms with Gasteiger partial charge in [-0.1, -0.05) is 46.9 Å². The summed E-state index contributed by atoms with van der Waals surface area (Å²) in [5.74, 6) is 0. The van der Waals surface area contributed by atoms with Crippen LogP contribution in [-0.4, -0.2) is 42.7 Å². The lowest BCUT2D eigenvalue weighted by Gasteiger charge is -2.21. The van der Waals surface area contributed by atoms with Crippen molar-refractivity contribution in [1.29, 1.82) is 0 Å². The fraction of sp³-hybridized carbons (Fsp3) is 0.250. The number of hydrogen-bond acceptors (Lipinski definition) is 4. The number of carbonyl (C=O) groups excluding carboxylic acids is 1. The van der Waals surface area contributed by atoms with E-state index in [0.717, 1.165) is 41.7 Å². The van der Waals surface area contributed by atoms with Gasteiger partial charge >= 0.3 is 6.03 Å². The van der Waals surface area contributed by atoms with Gasteiger partial charge in [-0.3, -0.25) is 4.68 Å². The third kappa shape index (κ3) is 6.01. The van der Waals surface area contributed by atoms with E-state index in [4.69, 9.17) is 34.8 Å². The van der Waals surface area contributed by atoms with Crippen LogP contribution in [0.2, 0.25) is 15.1 Å². The normalized spacial score (nSPS) is 14.6. The number of nitrogens with zero attached hydrogens (tertiary/aromatic N) is 3. The number of hydrogen-bond donors (Lipinski definition) is 1. The van der Waals surface area contributed by atoms with Gasteiger partial charge in [0.15, 0.2) is 0 Å². The third-order valence-corrected chi connectivity index (χ3v) is 7.93. The van der Waals surface area contributed by atoms with Crippen LogP contribution in [0.4, 0.5) is 4.79 Å². The molecule has 0 bridgehead atoms. The van der Waals surface area contributed by atoms with Gasteiger partial charge in [0.05, 0.1) is 23.3 Å². The molecule has 1 aliphatic carbocycles. The molecule has 0 spiro atoms. The maximum absolute atomic E-state index is 12.6. The van der Waals surface area contributed by atoms with Crippen molar-refractivity contribution in [2.24, 2.45) is 0 Å². The van der Waals surface area contributed by atoms with Crippen molar-refractivity contribution in [2.45, 2.75) is 30.7 Å². The lowest BCUT2D eigenvalue weighted by molar-refractivity contribution is 0.219. The molecule has 1 N–H and O–H groups in total. The zero-order valence-electron chi connectivity index (χ0n) is 18.8. The molecule has 0 fully saturated rings. The van der Waals surface area contributed by atoms with Crippen molar-refractivity contribution in [1.82, 2.24) is 19.4 Å². The Morgan fingerprint density at radius 1 is 1.11 bits per heavy atom. The topological polar surface area (TPSA) is 84.3 Å². The first-order valence-electron chi connectivity index (χ1n) is 10.9. The van der Waals surface area contributed by atoms with Crippen molar-refractivity contribution in [3.63, 3.8) is 0 Å². The summed E-state index contributed by atoms with van der Waals surface area (Å²) < 4.78 is 29.0. The van der Waals surface area contributed by atoms with E-state index < -0.39 is 16.1 Å². The van der Waals surface area contributed by atoms with Crippen LogP contribution in [0, 0.1) is 0 Å². The molecular formula is C24H23Cl3N4O3S.